The number of benzene rings is 2. The average Bonchev–Trinajstić information content (AvgIpc) is 3.51. The van der Waals surface area contributed by atoms with Crippen LogP contribution in [0.5, 0.6) is 0 Å². The van der Waals surface area contributed by atoms with E-state index in [4.69, 9.17) is 9.26 Å². The predicted octanol–water partition coefficient (Wildman–Crippen LogP) is 3.42. The van der Waals surface area contributed by atoms with Crippen LogP contribution in [0.2, 0.25) is 0 Å². The van der Waals surface area contributed by atoms with Gasteiger partial charge >= 0.3 is 0 Å². The molecule has 0 amide bonds. The lowest BCUT2D eigenvalue weighted by Gasteiger charge is -2.25. The van der Waals surface area contributed by atoms with E-state index in [1.165, 1.54) is 16.6 Å². The zero-order chi connectivity index (χ0) is 21.3. The second-order valence-electron chi connectivity index (χ2n) is 7.13. The van der Waals surface area contributed by atoms with Crippen LogP contribution >= 0.6 is 0 Å². The highest BCUT2D eigenvalue weighted by molar-refractivity contribution is 7.89. The second-order valence-corrected chi connectivity index (χ2v) is 9.07. The summed E-state index contributed by atoms with van der Waals surface area (Å²) in [5, 5.41) is 4.04. The molecular weight excluding hydrogens is 416 g/mol. The van der Waals surface area contributed by atoms with Gasteiger partial charge in [0.1, 0.15) is 10.6 Å². The fourth-order valence-electron chi connectivity index (χ4n) is 3.48. The third kappa shape index (κ3) is 3.90. The number of ether oxygens (including phenoxy) is 1. The summed E-state index contributed by atoms with van der Waals surface area (Å²) in [4.78, 5) is 7.52. The average molecular weight is 436 g/mol. The highest BCUT2D eigenvalue weighted by Gasteiger charge is 2.28. The molecular formula is C22H20N4O4S. The second kappa shape index (κ2) is 8.10. The fraction of sp³-hybridized carbons (Fsp3) is 0.182. The van der Waals surface area contributed by atoms with Crippen molar-refractivity contribution in [3.05, 3.63) is 66.9 Å². The molecule has 0 unspecified atom stereocenters. The molecule has 0 bridgehead atoms. The van der Waals surface area contributed by atoms with Gasteiger partial charge in [-0.1, -0.05) is 59.8 Å². The van der Waals surface area contributed by atoms with Gasteiger partial charge < -0.3 is 14.2 Å². The topological polar surface area (TPSA) is 101 Å². The SMILES string of the molecule is O=S(=O)(c1c[nH]c(-c2nc(-c3ccc(-c4ccccc4)cc3)no2)c1)N1CCOCC1. The van der Waals surface area contributed by atoms with E-state index < -0.39 is 10.0 Å². The minimum absolute atomic E-state index is 0.163. The van der Waals surface area contributed by atoms with Crippen LogP contribution in [0.15, 0.2) is 76.3 Å². The van der Waals surface area contributed by atoms with Crippen molar-refractivity contribution in [2.24, 2.45) is 0 Å². The van der Waals surface area contributed by atoms with Gasteiger partial charge in [0.15, 0.2) is 0 Å². The summed E-state index contributed by atoms with van der Waals surface area (Å²) in [7, 11) is -3.59. The number of nitrogens with one attached hydrogen (secondary N) is 1. The Labute approximate surface area is 179 Å². The van der Waals surface area contributed by atoms with Crippen molar-refractivity contribution in [1.82, 2.24) is 19.4 Å². The lowest BCUT2D eigenvalue weighted by Crippen LogP contribution is -2.40. The summed E-state index contributed by atoms with van der Waals surface area (Å²) in [5.74, 6) is 0.660. The van der Waals surface area contributed by atoms with E-state index in [9.17, 15) is 8.42 Å². The van der Waals surface area contributed by atoms with E-state index in [2.05, 4.69) is 27.3 Å². The van der Waals surface area contributed by atoms with Crippen molar-refractivity contribution in [2.75, 3.05) is 26.3 Å². The Bertz CT molecular complexity index is 1270. The number of aromatic nitrogens is 3. The van der Waals surface area contributed by atoms with Crippen LogP contribution in [0, 0.1) is 0 Å². The summed E-state index contributed by atoms with van der Waals surface area (Å²) < 4.78 is 37.6. The largest absolute Gasteiger partial charge is 0.379 e. The van der Waals surface area contributed by atoms with Gasteiger partial charge in [-0.2, -0.15) is 9.29 Å². The molecule has 0 spiro atoms. The molecule has 5 rings (SSSR count). The standard InChI is InChI=1S/C22H20N4O4S/c27-31(28,26-10-12-29-13-11-26)19-14-20(23-15-19)22-24-21(25-30-22)18-8-6-17(7-9-18)16-4-2-1-3-5-16/h1-9,14-15,23H,10-13H2. The number of morpholine rings is 1. The van der Waals surface area contributed by atoms with Crippen molar-refractivity contribution in [1.29, 1.82) is 0 Å². The Balaban J connectivity index is 1.36. The smallest absolute Gasteiger partial charge is 0.274 e. The minimum Gasteiger partial charge on any atom is -0.379 e. The van der Waals surface area contributed by atoms with Gasteiger partial charge in [0.25, 0.3) is 5.89 Å². The summed E-state index contributed by atoms with van der Waals surface area (Å²) in [6.45, 7) is 1.47. The van der Waals surface area contributed by atoms with Gasteiger partial charge in [-0.3, -0.25) is 0 Å². The molecule has 9 heteroatoms. The molecule has 2 aromatic heterocycles. The molecule has 4 aromatic rings. The first-order chi connectivity index (χ1) is 15.1. The summed E-state index contributed by atoms with van der Waals surface area (Å²) in [6.07, 6.45) is 1.44. The number of sulfonamides is 1. The molecule has 1 aliphatic rings. The minimum atomic E-state index is -3.59. The maximum atomic E-state index is 12.8. The number of hydrogen-bond acceptors (Lipinski definition) is 6. The first kappa shape index (κ1) is 19.7. The summed E-state index contributed by atoms with van der Waals surface area (Å²) in [5.41, 5.74) is 3.48. The molecule has 1 aliphatic heterocycles. The van der Waals surface area contributed by atoms with Gasteiger partial charge in [0.05, 0.1) is 13.2 Å². The summed E-state index contributed by atoms with van der Waals surface area (Å²) in [6, 6.07) is 19.5. The fourth-order valence-corrected chi connectivity index (χ4v) is 4.88. The van der Waals surface area contributed by atoms with Crippen LogP contribution in [0.4, 0.5) is 0 Å². The van der Waals surface area contributed by atoms with Crippen molar-refractivity contribution >= 4 is 10.0 Å². The van der Waals surface area contributed by atoms with Crippen LogP contribution in [-0.4, -0.2) is 54.2 Å². The van der Waals surface area contributed by atoms with E-state index in [0.29, 0.717) is 37.8 Å². The van der Waals surface area contributed by atoms with Crippen molar-refractivity contribution < 1.29 is 17.7 Å². The molecule has 158 valence electrons. The highest BCUT2D eigenvalue weighted by Crippen LogP contribution is 2.27. The Kier molecular flexibility index (Phi) is 5.14. The Morgan fingerprint density at radius 3 is 2.32 bits per heavy atom. The zero-order valence-corrected chi connectivity index (χ0v) is 17.4. The van der Waals surface area contributed by atoms with Crippen molar-refractivity contribution in [2.45, 2.75) is 4.90 Å². The molecule has 2 aromatic carbocycles. The molecule has 1 saturated heterocycles. The van der Waals surface area contributed by atoms with Crippen LogP contribution in [0.3, 0.4) is 0 Å². The molecule has 0 saturated carbocycles. The van der Waals surface area contributed by atoms with E-state index >= 15 is 0 Å². The lowest BCUT2D eigenvalue weighted by atomic mass is 10.0. The maximum absolute atomic E-state index is 12.8. The van der Waals surface area contributed by atoms with E-state index in [1.807, 2.05) is 42.5 Å². The molecule has 0 atom stereocenters. The highest BCUT2D eigenvalue weighted by atomic mass is 32.2. The molecule has 1 fully saturated rings. The van der Waals surface area contributed by atoms with Crippen LogP contribution in [0.1, 0.15) is 0 Å². The quantitative estimate of drug-likeness (QED) is 0.514. The maximum Gasteiger partial charge on any atom is 0.274 e. The molecule has 31 heavy (non-hydrogen) atoms. The van der Waals surface area contributed by atoms with Crippen LogP contribution in [0.25, 0.3) is 34.1 Å². The number of aromatic amines is 1. The first-order valence-corrected chi connectivity index (χ1v) is 11.3. The lowest BCUT2D eigenvalue weighted by molar-refractivity contribution is 0.0730. The predicted molar refractivity (Wildman–Crippen MR) is 115 cm³/mol. The first-order valence-electron chi connectivity index (χ1n) is 9.87. The number of hydrogen-bond donors (Lipinski definition) is 1. The van der Waals surface area contributed by atoms with Gasteiger partial charge in [-0.25, -0.2) is 8.42 Å². The Morgan fingerprint density at radius 1 is 0.903 bits per heavy atom. The van der Waals surface area contributed by atoms with Gasteiger partial charge in [0, 0.05) is 24.8 Å². The third-order valence-electron chi connectivity index (χ3n) is 5.17. The molecule has 8 nitrogen and oxygen atoms in total. The van der Waals surface area contributed by atoms with Crippen molar-refractivity contribution in [3.8, 4) is 34.1 Å². The molecule has 1 N–H and O–H groups in total. The Morgan fingerprint density at radius 2 is 1.58 bits per heavy atom. The van der Waals surface area contributed by atoms with E-state index in [1.54, 1.807) is 0 Å². The number of rotatable bonds is 5. The normalized spacial score (nSPS) is 15.2. The monoisotopic (exact) mass is 436 g/mol. The van der Waals surface area contributed by atoms with E-state index in [0.717, 1.165) is 16.7 Å². The van der Waals surface area contributed by atoms with Crippen molar-refractivity contribution in [3.63, 3.8) is 0 Å². The van der Waals surface area contributed by atoms with Gasteiger partial charge in [-0.15, -0.1) is 0 Å². The Hall–Kier alpha value is -3.27. The van der Waals surface area contributed by atoms with Crippen LogP contribution < -0.4 is 0 Å². The number of nitrogens with zero attached hydrogens (tertiary/aromatic N) is 3. The van der Waals surface area contributed by atoms with Gasteiger partial charge in [0.2, 0.25) is 15.8 Å². The third-order valence-corrected chi connectivity index (χ3v) is 7.05. The molecule has 0 radical (unpaired) electrons. The number of H-pyrrole nitrogens is 1. The molecule has 3 heterocycles. The summed E-state index contributed by atoms with van der Waals surface area (Å²) >= 11 is 0. The van der Waals surface area contributed by atoms with Gasteiger partial charge in [-0.05, 0) is 17.2 Å². The van der Waals surface area contributed by atoms with E-state index in [-0.39, 0.29) is 10.8 Å². The van der Waals surface area contributed by atoms with Crippen LogP contribution in [-0.2, 0) is 14.8 Å². The zero-order valence-electron chi connectivity index (χ0n) is 16.6. The molecule has 0 aliphatic carbocycles.